The highest BCUT2D eigenvalue weighted by Crippen LogP contribution is 2.32. The lowest BCUT2D eigenvalue weighted by Gasteiger charge is -2.23. The lowest BCUT2D eigenvalue weighted by atomic mass is 9.97. The molecule has 2 amide bonds. The SMILES string of the molecule is Cc1cc(Cl)cc(NC(=O)C2CCNCC2)c1NC(=O)c1cc(Br)nn1-c1ncccc1Cl.Cl. The molecule has 3 heterocycles. The van der Waals surface area contributed by atoms with Crippen LogP contribution in [0.5, 0.6) is 0 Å². The maximum absolute atomic E-state index is 13.3. The number of anilines is 2. The zero-order chi connectivity index (χ0) is 23.5. The van der Waals surface area contributed by atoms with Crippen LogP contribution in [-0.2, 0) is 4.79 Å². The van der Waals surface area contributed by atoms with Crippen LogP contribution in [0.3, 0.4) is 0 Å². The minimum absolute atomic E-state index is 0. The van der Waals surface area contributed by atoms with E-state index in [-0.39, 0.29) is 29.9 Å². The van der Waals surface area contributed by atoms with E-state index in [1.54, 1.807) is 36.5 Å². The molecule has 4 rings (SSSR count). The number of halogens is 4. The predicted octanol–water partition coefficient (Wildman–Crippen LogP) is 5.26. The number of rotatable bonds is 5. The van der Waals surface area contributed by atoms with Gasteiger partial charge in [0.05, 0.1) is 16.4 Å². The number of amides is 2. The highest BCUT2D eigenvalue weighted by atomic mass is 79.9. The van der Waals surface area contributed by atoms with E-state index in [9.17, 15) is 9.59 Å². The molecule has 180 valence electrons. The Morgan fingerprint density at radius 3 is 2.62 bits per heavy atom. The van der Waals surface area contributed by atoms with Gasteiger partial charge in [-0.1, -0.05) is 23.2 Å². The van der Waals surface area contributed by atoms with Crippen LogP contribution >= 0.6 is 51.5 Å². The molecule has 1 saturated heterocycles. The number of aryl methyl sites for hydroxylation is 1. The number of nitrogens with zero attached hydrogens (tertiary/aromatic N) is 3. The average Bonchev–Trinajstić information content (AvgIpc) is 3.18. The Hall–Kier alpha value is -2.17. The first-order valence-electron chi connectivity index (χ1n) is 10.3. The van der Waals surface area contributed by atoms with Crippen LogP contribution in [0, 0.1) is 12.8 Å². The molecule has 0 radical (unpaired) electrons. The lowest BCUT2D eigenvalue weighted by molar-refractivity contribution is -0.120. The Labute approximate surface area is 221 Å². The molecule has 0 aliphatic carbocycles. The smallest absolute Gasteiger partial charge is 0.274 e. The highest BCUT2D eigenvalue weighted by molar-refractivity contribution is 9.10. The summed E-state index contributed by atoms with van der Waals surface area (Å²) in [6, 6.07) is 8.28. The molecule has 34 heavy (non-hydrogen) atoms. The molecule has 0 bridgehead atoms. The molecule has 1 aromatic carbocycles. The van der Waals surface area contributed by atoms with Gasteiger partial charge in [0.2, 0.25) is 5.91 Å². The summed E-state index contributed by atoms with van der Waals surface area (Å²) >= 11 is 15.8. The van der Waals surface area contributed by atoms with Crippen LogP contribution in [0.25, 0.3) is 5.82 Å². The average molecular weight is 589 g/mol. The summed E-state index contributed by atoms with van der Waals surface area (Å²) in [5, 5.41) is 14.2. The Kier molecular flexibility index (Phi) is 8.95. The van der Waals surface area contributed by atoms with Crippen molar-refractivity contribution >= 4 is 74.7 Å². The molecule has 8 nitrogen and oxygen atoms in total. The first kappa shape index (κ1) is 26.4. The number of piperidine rings is 1. The van der Waals surface area contributed by atoms with Crippen molar-refractivity contribution < 1.29 is 9.59 Å². The van der Waals surface area contributed by atoms with E-state index in [1.165, 1.54) is 4.68 Å². The summed E-state index contributed by atoms with van der Waals surface area (Å²) in [6.45, 7) is 3.40. The molecule has 0 atom stereocenters. The van der Waals surface area contributed by atoms with Gasteiger partial charge in [-0.05, 0) is 78.6 Å². The normalized spacial score (nSPS) is 13.8. The monoisotopic (exact) mass is 586 g/mol. The summed E-state index contributed by atoms with van der Waals surface area (Å²) in [7, 11) is 0. The third-order valence-electron chi connectivity index (χ3n) is 5.36. The minimum atomic E-state index is -0.447. The van der Waals surface area contributed by atoms with Crippen molar-refractivity contribution in [3.05, 3.63) is 62.4 Å². The Morgan fingerprint density at radius 2 is 1.91 bits per heavy atom. The van der Waals surface area contributed by atoms with E-state index >= 15 is 0 Å². The van der Waals surface area contributed by atoms with Crippen LogP contribution in [0.1, 0.15) is 28.9 Å². The molecule has 2 aromatic heterocycles. The van der Waals surface area contributed by atoms with Crippen LogP contribution < -0.4 is 16.0 Å². The molecule has 0 saturated carbocycles. The molecule has 12 heteroatoms. The molecule has 3 N–H and O–H groups in total. The van der Waals surface area contributed by atoms with Crippen LogP contribution in [0.4, 0.5) is 11.4 Å². The van der Waals surface area contributed by atoms with Gasteiger partial charge in [0.15, 0.2) is 5.82 Å². The topological polar surface area (TPSA) is 101 Å². The maximum Gasteiger partial charge on any atom is 0.274 e. The van der Waals surface area contributed by atoms with Crippen molar-refractivity contribution in [2.75, 3.05) is 23.7 Å². The standard InChI is InChI=1S/C22H21BrCl2N6O2.ClH/c1-12-9-14(24)10-16(28-21(32)13-4-7-26-8-5-13)19(12)29-22(33)17-11-18(23)30-31(17)20-15(25)3-2-6-27-20;/h2-3,6,9-11,13,26H,4-5,7-8H2,1H3,(H,28,32)(H,29,33);1H. The first-order chi connectivity index (χ1) is 15.8. The molecule has 0 spiro atoms. The van der Waals surface area contributed by atoms with Gasteiger partial charge in [-0.3, -0.25) is 9.59 Å². The van der Waals surface area contributed by atoms with E-state index in [0.29, 0.717) is 37.4 Å². The van der Waals surface area contributed by atoms with Crippen LogP contribution in [0.2, 0.25) is 10.0 Å². The van der Waals surface area contributed by atoms with Crippen molar-refractivity contribution in [2.24, 2.45) is 5.92 Å². The minimum Gasteiger partial charge on any atom is -0.324 e. The Morgan fingerprint density at radius 1 is 1.18 bits per heavy atom. The van der Waals surface area contributed by atoms with E-state index in [2.05, 4.69) is 42.0 Å². The third-order valence-corrected chi connectivity index (χ3v) is 6.26. The highest BCUT2D eigenvalue weighted by Gasteiger charge is 2.24. The largest absolute Gasteiger partial charge is 0.324 e. The fourth-order valence-corrected chi connectivity index (χ4v) is 4.56. The van der Waals surface area contributed by atoms with E-state index in [0.717, 1.165) is 25.9 Å². The maximum atomic E-state index is 13.3. The summed E-state index contributed by atoms with van der Waals surface area (Å²) < 4.78 is 1.81. The number of aromatic nitrogens is 3. The van der Waals surface area contributed by atoms with Gasteiger partial charge in [-0.2, -0.15) is 5.10 Å². The molecular formula is C22H22BrCl3N6O2. The fourth-order valence-electron chi connectivity index (χ4n) is 3.71. The summed E-state index contributed by atoms with van der Waals surface area (Å²) in [6.07, 6.45) is 3.08. The number of carbonyl (C=O) groups excluding carboxylic acids is 2. The summed E-state index contributed by atoms with van der Waals surface area (Å²) in [5.41, 5.74) is 1.82. The van der Waals surface area contributed by atoms with Gasteiger partial charge in [-0.15, -0.1) is 12.4 Å². The molecule has 3 aromatic rings. The Balaban J connectivity index is 0.00000324. The van der Waals surface area contributed by atoms with Crippen molar-refractivity contribution in [1.82, 2.24) is 20.1 Å². The van der Waals surface area contributed by atoms with Gasteiger partial charge in [-0.25, -0.2) is 9.67 Å². The van der Waals surface area contributed by atoms with Crippen molar-refractivity contribution in [1.29, 1.82) is 0 Å². The van der Waals surface area contributed by atoms with Crippen molar-refractivity contribution in [2.45, 2.75) is 19.8 Å². The fraction of sp³-hybridized carbons (Fsp3) is 0.273. The van der Waals surface area contributed by atoms with Gasteiger partial charge < -0.3 is 16.0 Å². The second-order valence-electron chi connectivity index (χ2n) is 7.69. The summed E-state index contributed by atoms with van der Waals surface area (Å²) in [4.78, 5) is 30.4. The molecule has 1 fully saturated rings. The van der Waals surface area contributed by atoms with Gasteiger partial charge in [0, 0.05) is 23.2 Å². The zero-order valence-corrected chi connectivity index (χ0v) is 22.0. The molecule has 1 aliphatic heterocycles. The number of hydrogen-bond donors (Lipinski definition) is 3. The van der Waals surface area contributed by atoms with Crippen LogP contribution in [0.15, 0.2) is 41.1 Å². The number of hydrogen-bond acceptors (Lipinski definition) is 5. The molecule has 0 unspecified atom stereocenters. The van der Waals surface area contributed by atoms with Crippen LogP contribution in [-0.4, -0.2) is 39.7 Å². The zero-order valence-electron chi connectivity index (χ0n) is 18.1. The molecule has 1 aliphatic rings. The van der Waals surface area contributed by atoms with E-state index < -0.39 is 5.91 Å². The second-order valence-corrected chi connectivity index (χ2v) is 9.34. The molecular weight excluding hydrogens is 567 g/mol. The van der Waals surface area contributed by atoms with Gasteiger partial charge >= 0.3 is 0 Å². The van der Waals surface area contributed by atoms with Crippen molar-refractivity contribution in [3.63, 3.8) is 0 Å². The van der Waals surface area contributed by atoms with Crippen molar-refractivity contribution in [3.8, 4) is 5.82 Å². The third kappa shape index (κ3) is 5.90. The number of benzene rings is 1. The van der Waals surface area contributed by atoms with Gasteiger partial charge in [0.25, 0.3) is 5.91 Å². The lowest BCUT2D eigenvalue weighted by Crippen LogP contribution is -2.34. The second kappa shape index (κ2) is 11.5. The number of carbonyl (C=O) groups is 2. The number of pyridine rings is 1. The summed E-state index contributed by atoms with van der Waals surface area (Å²) in [5.74, 6) is -0.320. The first-order valence-corrected chi connectivity index (χ1v) is 11.9. The Bertz CT molecular complexity index is 1210. The van der Waals surface area contributed by atoms with Gasteiger partial charge in [0.1, 0.15) is 10.3 Å². The quantitative estimate of drug-likeness (QED) is 0.378. The van der Waals surface area contributed by atoms with E-state index in [4.69, 9.17) is 23.2 Å². The number of nitrogens with one attached hydrogen (secondary N) is 3. The predicted molar refractivity (Wildman–Crippen MR) is 140 cm³/mol. The van der Waals surface area contributed by atoms with E-state index in [1.807, 2.05) is 6.92 Å².